The van der Waals surface area contributed by atoms with Crippen molar-refractivity contribution in [1.29, 1.82) is 0 Å². The van der Waals surface area contributed by atoms with Gasteiger partial charge in [0.2, 0.25) is 0 Å². The van der Waals surface area contributed by atoms with Gasteiger partial charge in [0.25, 0.3) is 0 Å². The van der Waals surface area contributed by atoms with Crippen LogP contribution in [0.1, 0.15) is 46.5 Å². The van der Waals surface area contributed by atoms with Crippen LogP contribution in [-0.4, -0.2) is 16.5 Å². The molecule has 0 spiro atoms. The molecule has 3 aliphatic carbocycles. The Balaban J connectivity index is 1.97. The van der Waals surface area contributed by atoms with Crippen molar-refractivity contribution < 1.29 is 9.90 Å². The lowest BCUT2D eigenvalue weighted by molar-refractivity contribution is -0.121. The van der Waals surface area contributed by atoms with E-state index in [2.05, 4.69) is 13.8 Å². The number of carbonyl (C=O) groups excluding carboxylic acids is 1. The first-order valence-electron chi connectivity index (χ1n) is 6.61. The molecule has 3 saturated carbocycles. The third-order valence-electron chi connectivity index (χ3n) is 5.65. The van der Waals surface area contributed by atoms with Crippen molar-refractivity contribution in [3.63, 3.8) is 0 Å². The summed E-state index contributed by atoms with van der Waals surface area (Å²) in [7, 11) is 0. The number of Topliss-reactive ketones (excluding diaryl/α,β-unsaturated/α-hetero) is 1. The van der Waals surface area contributed by atoms with E-state index in [-0.39, 0.29) is 11.3 Å². The summed E-state index contributed by atoms with van der Waals surface area (Å²) in [6.07, 6.45) is 3.81. The van der Waals surface area contributed by atoms with E-state index >= 15 is 0 Å². The predicted octanol–water partition coefficient (Wildman–Crippen LogP) is 2.40. The third-order valence-corrected chi connectivity index (χ3v) is 5.65. The van der Waals surface area contributed by atoms with Gasteiger partial charge in [-0.2, -0.15) is 0 Å². The summed E-state index contributed by atoms with van der Waals surface area (Å²) in [6.45, 7) is 6.40. The first kappa shape index (κ1) is 10.8. The highest BCUT2D eigenvalue weighted by molar-refractivity contribution is 5.85. The molecule has 16 heavy (non-hydrogen) atoms. The van der Waals surface area contributed by atoms with Crippen LogP contribution in [-0.2, 0) is 4.79 Å². The van der Waals surface area contributed by atoms with E-state index in [9.17, 15) is 9.90 Å². The van der Waals surface area contributed by atoms with Gasteiger partial charge in [-0.25, -0.2) is 0 Å². The summed E-state index contributed by atoms with van der Waals surface area (Å²) in [5.74, 6) is 2.12. The van der Waals surface area contributed by atoms with Crippen molar-refractivity contribution in [2.45, 2.75) is 52.1 Å². The molecule has 0 heterocycles. The fourth-order valence-electron chi connectivity index (χ4n) is 4.78. The van der Waals surface area contributed by atoms with Gasteiger partial charge in [-0.15, -0.1) is 0 Å². The van der Waals surface area contributed by atoms with Crippen molar-refractivity contribution in [1.82, 2.24) is 0 Å². The zero-order valence-corrected chi connectivity index (χ0v) is 10.5. The van der Waals surface area contributed by atoms with Crippen LogP contribution >= 0.6 is 0 Å². The predicted molar refractivity (Wildman–Crippen MR) is 61.8 cm³/mol. The molecule has 0 aromatic heterocycles. The van der Waals surface area contributed by atoms with Crippen LogP contribution in [0.5, 0.6) is 0 Å². The van der Waals surface area contributed by atoms with Crippen LogP contribution in [0.2, 0.25) is 0 Å². The van der Waals surface area contributed by atoms with Crippen molar-refractivity contribution in [3.8, 4) is 0 Å². The van der Waals surface area contributed by atoms with E-state index in [1.54, 1.807) is 0 Å². The molecule has 0 aromatic carbocycles. The zero-order chi connectivity index (χ0) is 11.7. The van der Waals surface area contributed by atoms with Gasteiger partial charge >= 0.3 is 0 Å². The van der Waals surface area contributed by atoms with Crippen molar-refractivity contribution in [2.75, 3.05) is 0 Å². The molecule has 0 aliphatic heterocycles. The van der Waals surface area contributed by atoms with Gasteiger partial charge in [0.15, 0.2) is 0 Å². The summed E-state index contributed by atoms with van der Waals surface area (Å²) in [5.41, 5.74) is -0.374. The molecule has 0 amide bonds. The zero-order valence-electron chi connectivity index (χ0n) is 10.5. The first-order chi connectivity index (χ1) is 7.36. The van der Waals surface area contributed by atoms with Gasteiger partial charge in [0.05, 0.1) is 5.60 Å². The molecular weight excluding hydrogens is 200 g/mol. The van der Waals surface area contributed by atoms with Crippen LogP contribution in [0.25, 0.3) is 0 Å². The first-order valence-corrected chi connectivity index (χ1v) is 6.61. The number of rotatable bonds is 0. The highest BCUT2D eigenvalue weighted by Crippen LogP contribution is 2.69. The molecule has 5 atom stereocenters. The summed E-state index contributed by atoms with van der Waals surface area (Å²) in [5, 5.41) is 10.5. The minimum absolute atomic E-state index is 0.148. The molecule has 0 aromatic rings. The Morgan fingerprint density at radius 3 is 2.56 bits per heavy atom. The van der Waals surface area contributed by atoms with E-state index in [4.69, 9.17) is 0 Å². The van der Waals surface area contributed by atoms with Crippen LogP contribution in [0.3, 0.4) is 0 Å². The maximum absolute atomic E-state index is 12.0. The van der Waals surface area contributed by atoms with E-state index in [1.165, 1.54) is 0 Å². The quantitative estimate of drug-likeness (QED) is 0.683. The molecule has 90 valence electrons. The fourth-order valence-corrected chi connectivity index (χ4v) is 4.78. The lowest BCUT2D eigenvalue weighted by Crippen LogP contribution is -2.34. The Bertz CT molecular complexity index is 343. The smallest absolute Gasteiger partial charge is 0.136 e. The second kappa shape index (κ2) is 2.90. The topological polar surface area (TPSA) is 37.3 Å². The normalized spacial score (nSPS) is 54.1. The number of ketones is 1. The van der Waals surface area contributed by atoms with Gasteiger partial charge < -0.3 is 5.11 Å². The van der Waals surface area contributed by atoms with Crippen LogP contribution < -0.4 is 0 Å². The van der Waals surface area contributed by atoms with Crippen molar-refractivity contribution in [2.24, 2.45) is 29.1 Å². The minimum atomic E-state index is -0.522. The molecule has 0 radical (unpaired) electrons. The number of aliphatic hydroxyl groups is 1. The highest BCUT2D eigenvalue weighted by Gasteiger charge is 2.69. The average molecular weight is 222 g/mol. The van der Waals surface area contributed by atoms with E-state index in [0.717, 1.165) is 25.7 Å². The van der Waals surface area contributed by atoms with Crippen LogP contribution in [0.15, 0.2) is 0 Å². The average Bonchev–Trinajstić information content (AvgIpc) is 2.65. The fraction of sp³-hybridized carbons (Fsp3) is 0.929. The molecule has 0 bridgehead atoms. The SMILES string of the molecule is CC1(C)C2C(=O)CC[C@@H]3CC[C@](C)(O)[C@H]3C21. The van der Waals surface area contributed by atoms with E-state index in [1.807, 2.05) is 6.92 Å². The molecular formula is C14H22O2. The highest BCUT2D eigenvalue weighted by atomic mass is 16.3. The van der Waals surface area contributed by atoms with Gasteiger partial charge in [-0.1, -0.05) is 13.8 Å². The third kappa shape index (κ3) is 1.20. The summed E-state index contributed by atoms with van der Waals surface area (Å²) < 4.78 is 0. The molecule has 0 saturated heterocycles. The molecule has 2 unspecified atom stereocenters. The van der Waals surface area contributed by atoms with Gasteiger partial charge in [0, 0.05) is 12.3 Å². The molecule has 1 N–H and O–H groups in total. The Morgan fingerprint density at radius 2 is 1.88 bits per heavy atom. The minimum Gasteiger partial charge on any atom is -0.390 e. The van der Waals surface area contributed by atoms with Gasteiger partial charge in [-0.05, 0) is 49.4 Å². The van der Waals surface area contributed by atoms with Crippen molar-refractivity contribution in [3.05, 3.63) is 0 Å². The molecule has 3 rings (SSSR count). The Labute approximate surface area is 97.4 Å². The molecule has 2 heteroatoms. The summed E-state index contributed by atoms with van der Waals surface area (Å²) >= 11 is 0. The van der Waals surface area contributed by atoms with Gasteiger partial charge in [0.1, 0.15) is 5.78 Å². The monoisotopic (exact) mass is 222 g/mol. The number of hydrogen-bond acceptors (Lipinski definition) is 2. The molecule has 2 nitrogen and oxygen atoms in total. The number of carbonyl (C=O) groups is 1. The Hall–Kier alpha value is -0.370. The standard InChI is InChI=1S/C14H22O2/c1-13(2)11-9(15)5-4-8-6-7-14(3,16)10(8)12(11)13/h8,10-12,16H,4-7H2,1-3H3/t8-,10-,11?,12?,14+/m1/s1. The molecule has 3 fully saturated rings. The maximum Gasteiger partial charge on any atom is 0.136 e. The second-order valence-corrected chi connectivity index (χ2v) is 7.01. The lowest BCUT2D eigenvalue weighted by atomic mass is 9.79. The van der Waals surface area contributed by atoms with Crippen molar-refractivity contribution >= 4 is 5.78 Å². The maximum atomic E-state index is 12.0. The number of fused-ring (bicyclic) bond motifs is 3. The lowest BCUT2D eigenvalue weighted by Gasteiger charge is -2.30. The molecule has 3 aliphatic rings. The van der Waals surface area contributed by atoms with Crippen LogP contribution in [0.4, 0.5) is 0 Å². The Morgan fingerprint density at radius 1 is 1.19 bits per heavy atom. The summed E-state index contributed by atoms with van der Waals surface area (Å²) in [4.78, 5) is 12.0. The largest absolute Gasteiger partial charge is 0.390 e. The van der Waals surface area contributed by atoms with Crippen LogP contribution in [0, 0.1) is 29.1 Å². The van der Waals surface area contributed by atoms with Gasteiger partial charge in [-0.3, -0.25) is 4.79 Å². The van der Waals surface area contributed by atoms with E-state index in [0.29, 0.717) is 23.5 Å². The Kier molecular flexibility index (Phi) is 1.95. The number of hydrogen-bond donors (Lipinski definition) is 1. The van der Waals surface area contributed by atoms with E-state index < -0.39 is 5.60 Å². The summed E-state index contributed by atoms with van der Waals surface area (Å²) in [6, 6.07) is 0. The second-order valence-electron chi connectivity index (χ2n) is 7.01.